The zero-order chi connectivity index (χ0) is 18.5. The highest BCUT2D eigenvalue weighted by Crippen LogP contribution is 2.17. The van der Waals surface area contributed by atoms with E-state index in [9.17, 15) is 9.59 Å². The lowest BCUT2D eigenvalue weighted by atomic mass is 10.2. The van der Waals surface area contributed by atoms with E-state index >= 15 is 0 Å². The molecule has 0 atom stereocenters. The Kier molecular flexibility index (Phi) is 5.31. The summed E-state index contributed by atoms with van der Waals surface area (Å²) >= 11 is 0. The van der Waals surface area contributed by atoms with Crippen molar-refractivity contribution in [3.63, 3.8) is 0 Å². The number of nitrogens with one attached hydrogen (secondary N) is 2. The standard InChI is InChI=1S/C20H21N3O3/c1-13(2)26-15-9-7-14(8-10-15)21-19(24)12-11-18-20(25)23-17-6-4-3-5-16(17)22-18/h3-10,13H,11-12H2,1-2H3,(H,21,24)(H,23,25). The molecular formula is C20H21N3O3. The number of carbonyl (C=O) groups is 1. The Hall–Kier alpha value is -3.15. The van der Waals surface area contributed by atoms with Crippen molar-refractivity contribution in [3.8, 4) is 5.75 Å². The zero-order valence-electron chi connectivity index (χ0n) is 14.8. The van der Waals surface area contributed by atoms with Crippen LogP contribution in [0.25, 0.3) is 11.0 Å². The summed E-state index contributed by atoms with van der Waals surface area (Å²) in [5, 5.41) is 2.81. The summed E-state index contributed by atoms with van der Waals surface area (Å²) in [6.45, 7) is 3.91. The van der Waals surface area contributed by atoms with Crippen LogP contribution < -0.4 is 15.6 Å². The number of benzene rings is 2. The van der Waals surface area contributed by atoms with E-state index in [1.807, 2.05) is 44.2 Å². The zero-order valence-corrected chi connectivity index (χ0v) is 14.8. The lowest BCUT2D eigenvalue weighted by molar-refractivity contribution is -0.116. The van der Waals surface area contributed by atoms with Gasteiger partial charge in [0.1, 0.15) is 11.4 Å². The molecule has 0 bridgehead atoms. The molecule has 0 radical (unpaired) electrons. The van der Waals surface area contributed by atoms with Gasteiger partial charge in [0.2, 0.25) is 5.91 Å². The van der Waals surface area contributed by atoms with Gasteiger partial charge in [-0.15, -0.1) is 0 Å². The minimum atomic E-state index is -0.258. The van der Waals surface area contributed by atoms with Crippen molar-refractivity contribution < 1.29 is 9.53 Å². The van der Waals surface area contributed by atoms with Crippen LogP contribution >= 0.6 is 0 Å². The van der Waals surface area contributed by atoms with Crippen LogP contribution in [0.4, 0.5) is 5.69 Å². The van der Waals surface area contributed by atoms with Crippen molar-refractivity contribution in [2.75, 3.05) is 5.32 Å². The van der Waals surface area contributed by atoms with Gasteiger partial charge in [0.05, 0.1) is 17.1 Å². The number of carbonyl (C=O) groups excluding carboxylic acids is 1. The molecule has 0 saturated heterocycles. The van der Waals surface area contributed by atoms with E-state index in [0.29, 0.717) is 22.4 Å². The number of fused-ring (bicyclic) bond motifs is 1. The summed E-state index contributed by atoms with van der Waals surface area (Å²) in [5.74, 6) is 0.585. The first kappa shape index (κ1) is 17.7. The average Bonchev–Trinajstić information content (AvgIpc) is 2.61. The first-order valence-corrected chi connectivity index (χ1v) is 8.56. The Morgan fingerprint density at radius 3 is 2.62 bits per heavy atom. The molecule has 0 aliphatic heterocycles. The highest BCUT2D eigenvalue weighted by atomic mass is 16.5. The molecule has 0 unspecified atom stereocenters. The molecule has 0 aliphatic rings. The summed E-state index contributed by atoms with van der Waals surface area (Å²) in [6, 6.07) is 14.5. The maximum Gasteiger partial charge on any atom is 0.270 e. The van der Waals surface area contributed by atoms with Gasteiger partial charge in [-0.05, 0) is 50.2 Å². The molecule has 0 saturated carbocycles. The van der Waals surface area contributed by atoms with Gasteiger partial charge in [0.25, 0.3) is 5.56 Å². The highest BCUT2D eigenvalue weighted by molar-refractivity contribution is 5.90. The number of amides is 1. The molecule has 2 N–H and O–H groups in total. The fraction of sp³-hybridized carbons (Fsp3) is 0.250. The third-order valence-electron chi connectivity index (χ3n) is 3.77. The second-order valence-electron chi connectivity index (χ2n) is 6.27. The van der Waals surface area contributed by atoms with Crippen LogP contribution in [0.2, 0.25) is 0 Å². The summed E-state index contributed by atoms with van der Waals surface area (Å²) in [5.41, 5.74) is 2.19. The number of para-hydroxylation sites is 2. The van der Waals surface area contributed by atoms with Gasteiger partial charge in [-0.25, -0.2) is 4.98 Å². The van der Waals surface area contributed by atoms with E-state index in [-0.39, 0.29) is 30.4 Å². The molecule has 6 nitrogen and oxygen atoms in total. The van der Waals surface area contributed by atoms with E-state index in [2.05, 4.69) is 15.3 Å². The van der Waals surface area contributed by atoms with Crippen LogP contribution in [0.1, 0.15) is 26.0 Å². The first-order chi connectivity index (χ1) is 12.5. The minimum absolute atomic E-state index is 0.1000. The number of aromatic amines is 1. The number of rotatable bonds is 6. The summed E-state index contributed by atoms with van der Waals surface area (Å²) in [7, 11) is 0. The van der Waals surface area contributed by atoms with Crippen molar-refractivity contribution in [3.05, 3.63) is 64.6 Å². The van der Waals surface area contributed by atoms with Gasteiger partial charge in [0.15, 0.2) is 0 Å². The number of hydrogen-bond acceptors (Lipinski definition) is 4. The molecule has 1 amide bonds. The van der Waals surface area contributed by atoms with Gasteiger partial charge in [-0.3, -0.25) is 9.59 Å². The molecule has 3 aromatic rings. The molecule has 2 aromatic carbocycles. The number of aromatic nitrogens is 2. The predicted octanol–water partition coefficient (Wildman–Crippen LogP) is 3.28. The Bertz CT molecular complexity index is 962. The molecule has 0 fully saturated rings. The second-order valence-corrected chi connectivity index (χ2v) is 6.27. The van der Waals surface area contributed by atoms with Gasteiger partial charge in [0, 0.05) is 18.5 Å². The molecule has 1 heterocycles. The van der Waals surface area contributed by atoms with E-state index < -0.39 is 0 Å². The number of nitrogens with zero attached hydrogens (tertiary/aromatic N) is 1. The fourth-order valence-corrected chi connectivity index (χ4v) is 2.58. The number of anilines is 1. The molecule has 134 valence electrons. The minimum Gasteiger partial charge on any atom is -0.491 e. The molecule has 0 aliphatic carbocycles. The molecular weight excluding hydrogens is 330 g/mol. The third-order valence-corrected chi connectivity index (χ3v) is 3.77. The maximum atomic E-state index is 12.1. The SMILES string of the molecule is CC(C)Oc1ccc(NC(=O)CCc2nc3ccccc3[nH]c2=O)cc1. The van der Waals surface area contributed by atoms with Crippen molar-refractivity contribution in [2.45, 2.75) is 32.8 Å². The monoisotopic (exact) mass is 351 g/mol. The topological polar surface area (TPSA) is 84.1 Å². The molecule has 26 heavy (non-hydrogen) atoms. The quantitative estimate of drug-likeness (QED) is 0.714. The fourth-order valence-electron chi connectivity index (χ4n) is 2.58. The lowest BCUT2D eigenvalue weighted by Crippen LogP contribution is -2.19. The van der Waals surface area contributed by atoms with Crippen molar-refractivity contribution in [1.82, 2.24) is 9.97 Å². The van der Waals surface area contributed by atoms with Crippen molar-refractivity contribution in [1.29, 1.82) is 0 Å². The van der Waals surface area contributed by atoms with Gasteiger partial charge < -0.3 is 15.0 Å². The Balaban J connectivity index is 1.60. The molecule has 3 rings (SSSR count). The summed E-state index contributed by atoms with van der Waals surface area (Å²) < 4.78 is 5.57. The third kappa shape index (κ3) is 4.47. The predicted molar refractivity (Wildman–Crippen MR) is 102 cm³/mol. The van der Waals surface area contributed by atoms with E-state index in [1.54, 1.807) is 18.2 Å². The normalized spacial score (nSPS) is 10.9. The maximum absolute atomic E-state index is 12.1. The van der Waals surface area contributed by atoms with Crippen LogP contribution in [-0.2, 0) is 11.2 Å². The highest BCUT2D eigenvalue weighted by Gasteiger charge is 2.09. The van der Waals surface area contributed by atoms with E-state index in [4.69, 9.17) is 4.74 Å². The van der Waals surface area contributed by atoms with E-state index in [1.165, 1.54) is 0 Å². The Morgan fingerprint density at radius 2 is 1.88 bits per heavy atom. The van der Waals surface area contributed by atoms with Gasteiger partial charge in [-0.1, -0.05) is 12.1 Å². The van der Waals surface area contributed by atoms with Crippen molar-refractivity contribution >= 4 is 22.6 Å². The van der Waals surface area contributed by atoms with Crippen LogP contribution in [0.5, 0.6) is 5.75 Å². The second kappa shape index (κ2) is 7.82. The molecule has 1 aromatic heterocycles. The van der Waals surface area contributed by atoms with Crippen LogP contribution in [0.15, 0.2) is 53.3 Å². The lowest BCUT2D eigenvalue weighted by Gasteiger charge is -2.10. The van der Waals surface area contributed by atoms with E-state index in [0.717, 1.165) is 5.75 Å². The largest absolute Gasteiger partial charge is 0.491 e. The number of ether oxygens (including phenoxy) is 1. The summed E-state index contributed by atoms with van der Waals surface area (Å²) in [6.07, 6.45) is 0.558. The van der Waals surface area contributed by atoms with Gasteiger partial charge >= 0.3 is 0 Å². The summed E-state index contributed by atoms with van der Waals surface area (Å²) in [4.78, 5) is 31.3. The number of hydrogen-bond donors (Lipinski definition) is 2. The van der Waals surface area contributed by atoms with Crippen molar-refractivity contribution in [2.24, 2.45) is 0 Å². The Labute approximate surface area is 151 Å². The smallest absolute Gasteiger partial charge is 0.270 e. The molecule has 6 heteroatoms. The number of aryl methyl sites for hydroxylation is 1. The van der Waals surface area contributed by atoms with Crippen LogP contribution in [0.3, 0.4) is 0 Å². The number of H-pyrrole nitrogens is 1. The van der Waals surface area contributed by atoms with Gasteiger partial charge in [-0.2, -0.15) is 0 Å². The van der Waals surface area contributed by atoms with Crippen LogP contribution in [0, 0.1) is 0 Å². The van der Waals surface area contributed by atoms with Crippen LogP contribution in [-0.4, -0.2) is 22.0 Å². The molecule has 0 spiro atoms. The first-order valence-electron chi connectivity index (χ1n) is 8.56. The Morgan fingerprint density at radius 1 is 1.15 bits per heavy atom. The average molecular weight is 351 g/mol.